The van der Waals surface area contributed by atoms with Crippen LogP contribution in [-0.4, -0.2) is 61.6 Å². The summed E-state index contributed by atoms with van der Waals surface area (Å²) in [5.41, 5.74) is 0. The van der Waals surface area contributed by atoms with Gasteiger partial charge in [-0.2, -0.15) is 0 Å². The molecule has 0 unspecified atom stereocenters. The first-order valence-electron chi connectivity index (χ1n) is 6.72. The van der Waals surface area contributed by atoms with E-state index < -0.39 is 0 Å². The van der Waals surface area contributed by atoms with Crippen molar-refractivity contribution in [2.75, 3.05) is 40.4 Å². The van der Waals surface area contributed by atoms with E-state index in [1.54, 1.807) is 0 Å². The van der Waals surface area contributed by atoms with Gasteiger partial charge in [-0.25, -0.2) is 0 Å². The molecule has 0 aliphatic carbocycles. The van der Waals surface area contributed by atoms with Crippen molar-refractivity contribution in [3.63, 3.8) is 0 Å². The molecular weight excluding hydrogens is 216 g/mol. The molecule has 1 heterocycles. The minimum Gasteiger partial charge on any atom is -0.400 e. The molecule has 4 heteroatoms. The Kier molecular flexibility index (Phi) is 17.9. The van der Waals surface area contributed by atoms with Crippen molar-refractivity contribution >= 4 is 0 Å². The van der Waals surface area contributed by atoms with E-state index in [1.165, 1.54) is 51.9 Å². The van der Waals surface area contributed by atoms with Crippen molar-refractivity contribution in [2.24, 2.45) is 0 Å². The molecular formula is C13H32N2O2. The smallest absolute Gasteiger partial charge is 0.0319 e. The minimum atomic E-state index is 0.859. The van der Waals surface area contributed by atoms with Gasteiger partial charge < -0.3 is 20.4 Å². The molecule has 0 radical (unpaired) electrons. The summed E-state index contributed by atoms with van der Waals surface area (Å²) in [6, 6.07) is 0.859. The van der Waals surface area contributed by atoms with Gasteiger partial charge in [-0.15, -0.1) is 0 Å². The van der Waals surface area contributed by atoms with Gasteiger partial charge in [-0.1, -0.05) is 20.3 Å². The number of unbranched alkanes of at least 4 members (excludes halogenated alkanes) is 1. The molecule has 1 aliphatic rings. The Morgan fingerprint density at radius 2 is 1.59 bits per heavy atom. The van der Waals surface area contributed by atoms with Gasteiger partial charge in [0.05, 0.1) is 0 Å². The molecule has 1 rings (SSSR count). The van der Waals surface area contributed by atoms with Gasteiger partial charge in [0.1, 0.15) is 0 Å². The van der Waals surface area contributed by atoms with Crippen LogP contribution in [0.1, 0.15) is 39.5 Å². The van der Waals surface area contributed by atoms with Crippen molar-refractivity contribution in [1.82, 2.24) is 10.2 Å². The molecule has 0 saturated carbocycles. The van der Waals surface area contributed by atoms with Gasteiger partial charge in [0.2, 0.25) is 0 Å². The number of aliphatic hydroxyl groups excluding tert-OH is 2. The lowest BCUT2D eigenvalue weighted by Gasteiger charge is -2.33. The zero-order valence-electron chi connectivity index (χ0n) is 12.1. The van der Waals surface area contributed by atoms with E-state index in [4.69, 9.17) is 10.2 Å². The highest BCUT2D eigenvalue weighted by molar-refractivity contribution is 4.76. The SMILES string of the molecule is CCCCN(CC)C1CCNCC1.CO.CO. The molecule has 0 aromatic rings. The maximum Gasteiger partial charge on any atom is 0.0319 e. The number of aliphatic hydroxyl groups is 2. The largest absolute Gasteiger partial charge is 0.400 e. The standard InChI is InChI=1S/C11H24N2.2CH4O/c1-3-5-10-13(4-2)11-6-8-12-9-7-11;2*1-2/h11-12H,3-10H2,1-2H3;2*2H,1H3. The highest BCUT2D eigenvalue weighted by Crippen LogP contribution is 2.12. The summed E-state index contributed by atoms with van der Waals surface area (Å²) in [5, 5.41) is 17.4. The monoisotopic (exact) mass is 248 g/mol. The highest BCUT2D eigenvalue weighted by Gasteiger charge is 2.18. The molecule has 17 heavy (non-hydrogen) atoms. The summed E-state index contributed by atoms with van der Waals surface area (Å²) in [4.78, 5) is 2.66. The second-order valence-electron chi connectivity index (χ2n) is 3.96. The summed E-state index contributed by atoms with van der Waals surface area (Å²) >= 11 is 0. The van der Waals surface area contributed by atoms with Crippen LogP contribution in [0.5, 0.6) is 0 Å². The number of hydrogen-bond acceptors (Lipinski definition) is 4. The number of rotatable bonds is 5. The van der Waals surface area contributed by atoms with Crippen LogP contribution in [0.4, 0.5) is 0 Å². The average Bonchev–Trinajstić information content (AvgIpc) is 2.45. The second kappa shape index (κ2) is 15.8. The van der Waals surface area contributed by atoms with E-state index in [9.17, 15) is 0 Å². The molecule has 1 saturated heterocycles. The Bertz CT molecular complexity index is 129. The van der Waals surface area contributed by atoms with Crippen LogP contribution in [0.2, 0.25) is 0 Å². The number of piperidine rings is 1. The molecule has 0 aromatic carbocycles. The minimum absolute atomic E-state index is 0.859. The van der Waals surface area contributed by atoms with Crippen molar-refractivity contribution in [3.05, 3.63) is 0 Å². The van der Waals surface area contributed by atoms with Crippen LogP contribution in [-0.2, 0) is 0 Å². The van der Waals surface area contributed by atoms with E-state index >= 15 is 0 Å². The lowest BCUT2D eigenvalue weighted by molar-refractivity contribution is 0.168. The van der Waals surface area contributed by atoms with Crippen molar-refractivity contribution in [3.8, 4) is 0 Å². The Morgan fingerprint density at radius 1 is 1.06 bits per heavy atom. The quantitative estimate of drug-likeness (QED) is 0.681. The summed E-state index contributed by atoms with van der Waals surface area (Å²) in [5.74, 6) is 0. The van der Waals surface area contributed by atoms with Crippen LogP contribution < -0.4 is 5.32 Å². The molecule has 0 spiro atoms. The predicted molar refractivity (Wildman–Crippen MR) is 74.3 cm³/mol. The van der Waals surface area contributed by atoms with Crippen molar-refractivity contribution < 1.29 is 10.2 Å². The molecule has 3 N–H and O–H groups in total. The zero-order valence-corrected chi connectivity index (χ0v) is 12.1. The summed E-state index contributed by atoms with van der Waals surface area (Å²) in [6.07, 6.45) is 5.37. The van der Waals surface area contributed by atoms with Crippen LogP contribution in [0.25, 0.3) is 0 Å². The van der Waals surface area contributed by atoms with E-state index in [-0.39, 0.29) is 0 Å². The summed E-state index contributed by atoms with van der Waals surface area (Å²) < 4.78 is 0. The van der Waals surface area contributed by atoms with E-state index in [1.807, 2.05) is 0 Å². The van der Waals surface area contributed by atoms with Crippen LogP contribution in [0.3, 0.4) is 0 Å². The van der Waals surface area contributed by atoms with Gasteiger partial charge in [0.15, 0.2) is 0 Å². The highest BCUT2D eigenvalue weighted by atomic mass is 16.2. The zero-order chi connectivity index (χ0) is 13.5. The average molecular weight is 248 g/mol. The van der Waals surface area contributed by atoms with Gasteiger partial charge in [0, 0.05) is 20.3 Å². The van der Waals surface area contributed by atoms with Crippen LogP contribution in [0.15, 0.2) is 0 Å². The molecule has 4 nitrogen and oxygen atoms in total. The van der Waals surface area contributed by atoms with Crippen molar-refractivity contribution in [2.45, 2.75) is 45.6 Å². The maximum absolute atomic E-state index is 7.00. The van der Waals surface area contributed by atoms with E-state index in [2.05, 4.69) is 24.1 Å². The van der Waals surface area contributed by atoms with Gasteiger partial charge >= 0.3 is 0 Å². The first kappa shape index (κ1) is 19.2. The van der Waals surface area contributed by atoms with Gasteiger partial charge in [0.25, 0.3) is 0 Å². The summed E-state index contributed by atoms with van der Waals surface area (Å²) in [7, 11) is 2.00. The first-order chi connectivity index (χ1) is 8.38. The Labute approximate surface area is 107 Å². The van der Waals surface area contributed by atoms with Gasteiger partial charge in [-0.05, 0) is 45.4 Å². The van der Waals surface area contributed by atoms with E-state index in [0.717, 1.165) is 20.3 Å². The number of nitrogens with zero attached hydrogens (tertiary/aromatic N) is 1. The first-order valence-corrected chi connectivity index (χ1v) is 6.72. The Hall–Kier alpha value is -0.160. The number of hydrogen-bond donors (Lipinski definition) is 3. The van der Waals surface area contributed by atoms with Crippen LogP contribution in [0, 0.1) is 0 Å². The summed E-state index contributed by atoms with van der Waals surface area (Å²) in [6.45, 7) is 9.52. The molecule has 0 amide bonds. The molecule has 0 atom stereocenters. The lowest BCUT2D eigenvalue weighted by atomic mass is 10.0. The second-order valence-corrected chi connectivity index (χ2v) is 3.96. The van der Waals surface area contributed by atoms with Crippen molar-refractivity contribution in [1.29, 1.82) is 0 Å². The Morgan fingerprint density at radius 3 is 2.00 bits per heavy atom. The fraction of sp³-hybridized carbons (Fsp3) is 1.00. The van der Waals surface area contributed by atoms with E-state index in [0.29, 0.717) is 0 Å². The predicted octanol–water partition coefficient (Wildman–Crippen LogP) is 1.08. The Balaban J connectivity index is 0. The third-order valence-corrected chi connectivity index (χ3v) is 3.03. The normalized spacial score (nSPS) is 15.7. The maximum atomic E-state index is 7.00. The fourth-order valence-electron chi connectivity index (χ4n) is 2.13. The van der Waals surface area contributed by atoms with Gasteiger partial charge in [-0.3, -0.25) is 0 Å². The molecule has 1 aliphatic heterocycles. The molecule has 0 bridgehead atoms. The third-order valence-electron chi connectivity index (χ3n) is 3.03. The topological polar surface area (TPSA) is 55.7 Å². The molecule has 1 fully saturated rings. The lowest BCUT2D eigenvalue weighted by Crippen LogP contribution is -2.43. The number of nitrogens with one attached hydrogen (secondary N) is 1. The molecule has 0 aromatic heterocycles. The van der Waals surface area contributed by atoms with Crippen LogP contribution >= 0.6 is 0 Å². The molecule has 106 valence electrons. The third kappa shape index (κ3) is 9.53. The fourth-order valence-corrected chi connectivity index (χ4v) is 2.13.